The fourth-order valence-corrected chi connectivity index (χ4v) is 2.32. The van der Waals surface area contributed by atoms with Gasteiger partial charge in [0.15, 0.2) is 0 Å². The van der Waals surface area contributed by atoms with E-state index < -0.39 is 12.0 Å². The fraction of sp³-hybridized carbons (Fsp3) is 0.231. The number of benzene rings is 1. The molecule has 0 saturated heterocycles. The second-order valence-corrected chi connectivity index (χ2v) is 5.14. The molecule has 1 aromatic heterocycles. The number of carboxylic acids is 1. The lowest BCUT2D eigenvalue weighted by atomic mass is 10.2. The molecule has 2 aromatic rings. The molecule has 0 bridgehead atoms. The van der Waals surface area contributed by atoms with E-state index in [9.17, 15) is 9.18 Å². The smallest absolute Gasteiger partial charge is 0.321 e. The SMILES string of the molecule is NC(CSCc1coc(-c2ccc(F)cc2)n1)C(=O)O. The van der Waals surface area contributed by atoms with Gasteiger partial charge in [0, 0.05) is 17.1 Å². The number of rotatable bonds is 6. The Kier molecular flexibility index (Phi) is 4.75. The Labute approximate surface area is 119 Å². The van der Waals surface area contributed by atoms with Crippen LogP contribution in [-0.4, -0.2) is 27.9 Å². The highest BCUT2D eigenvalue weighted by molar-refractivity contribution is 7.98. The zero-order chi connectivity index (χ0) is 14.5. The Morgan fingerprint density at radius 1 is 1.45 bits per heavy atom. The maximum atomic E-state index is 12.8. The first-order valence-electron chi connectivity index (χ1n) is 5.82. The summed E-state index contributed by atoms with van der Waals surface area (Å²) in [5.74, 6) is -0.133. The standard InChI is InChI=1S/C13H13FN2O3S/c14-9-3-1-8(2-4-9)12-16-10(5-19-12)6-20-7-11(15)13(17)18/h1-5,11H,6-7,15H2,(H,17,18). The average Bonchev–Trinajstić information content (AvgIpc) is 2.88. The van der Waals surface area contributed by atoms with Crippen molar-refractivity contribution < 1.29 is 18.7 Å². The number of nitrogens with zero attached hydrogens (tertiary/aromatic N) is 1. The van der Waals surface area contributed by atoms with Crippen molar-refractivity contribution in [2.75, 3.05) is 5.75 Å². The molecule has 3 N–H and O–H groups in total. The van der Waals surface area contributed by atoms with Gasteiger partial charge in [-0.25, -0.2) is 9.37 Å². The number of aromatic nitrogens is 1. The van der Waals surface area contributed by atoms with Crippen molar-refractivity contribution in [2.45, 2.75) is 11.8 Å². The van der Waals surface area contributed by atoms with Gasteiger partial charge in [0.25, 0.3) is 0 Å². The monoisotopic (exact) mass is 296 g/mol. The molecule has 0 spiro atoms. The van der Waals surface area contributed by atoms with Gasteiger partial charge >= 0.3 is 5.97 Å². The van der Waals surface area contributed by atoms with Crippen molar-refractivity contribution >= 4 is 17.7 Å². The van der Waals surface area contributed by atoms with Gasteiger partial charge in [0.2, 0.25) is 5.89 Å². The lowest BCUT2D eigenvalue weighted by Gasteiger charge is -2.03. The Balaban J connectivity index is 1.92. The van der Waals surface area contributed by atoms with Crippen LogP contribution in [0.4, 0.5) is 4.39 Å². The highest BCUT2D eigenvalue weighted by Gasteiger charge is 2.12. The molecule has 0 aliphatic heterocycles. The van der Waals surface area contributed by atoms with E-state index in [1.807, 2.05) is 0 Å². The van der Waals surface area contributed by atoms with Gasteiger partial charge in [0.05, 0.1) is 5.69 Å². The quantitative estimate of drug-likeness (QED) is 0.848. The van der Waals surface area contributed by atoms with Crippen LogP contribution in [0.2, 0.25) is 0 Å². The molecular weight excluding hydrogens is 283 g/mol. The third-order valence-corrected chi connectivity index (χ3v) is 3.60. The molecule has 0 radical (unpaired) electrons. The normalized spacial score (nSPS) is 12.3. The summed E-state index contributed by atoms with van der Waals surface area (Å²) in [6.07, 6.45) is 1.50. The number of carbonyl (C=O) groups is 1. The third-order valence-electron chi connectivity index (χ3n) is 2.51. The number of nitrogens with two attached hydrogens (primary N) is 1. The predicted octanol–water partition coefficient (Wildman–Crippen LogP) is 2.13. The van der Waals surface area contributed by atoms with Crippen LogP contribution in [0.3, 0.4) is 0 Å². The molecule has 1 atom stereocenters. The van der Waals surface area contributed by atoms with E-state index in [-0.39, 0.29) is 5.82 Å². The highest BCUT2D eigenvalue weighted by atomic mass is 32.2. The van der Waals surface area contributed by atoms with Crippen LogP contribution < -0.4 is 5.73 Å². The number of halogens is 1. The molecule has 2 rings (SSSR count). The summed E-state index contributed by atoms with van der Waals surface area (Å²) in [5.41, 5.74) is 6.76. The molecule has 106 valence electrons. The molecule has 1 unspecified atom stereocenters. The van der Waals surface area contributed by atoms with Crippen LogP contribution in [0.15, 0.2) is 34.9 Å². The van der Waals surface area contributed by atoms with Crippen LogP contribution in [0.5, 0.6) is 0 Å². The van der Waals surface area contributed by atoms with Crippen LogP contribution in [-0.2, 0) is 10.5 Å². The van der Waals surface area contributed by atoms with Crippen LogP contribution in [0.25, 0.3) is 11.5 Å². The maximum Gasteiger partial charge on any atom is 0.321 e. The summed E-state index contributed by atoms with van der Waals surface area (Å²) < 4.78 is 18.1. The van der Waals surface area contributed by atoms with Gasteiger partial charge < -0.3 is 15.3 Å². The van der Waals surface area contributed by atoms with Crippen LogP contribution in [0, 0.1) is 5.82 Å². The molecule has 1 aromatic carbocycles. The van der Waals surface area contributed by atoms with Crippen LogP contribution in [0.1, 0.15) is 5.69 Å². The lowest BCUT2D eigenvalue weighted by Crippen LogP contribution is -2.32. The van der Waals surface area contributed by atoms with Crippen molar-refractivity contribution in [1.29, 1.82) is 0 Å². The minimum Gasteiger partial charge on any atom is -0.480 e. The molecule has 5 nitrogen and oxygen atoms in total. The van der Waals surface area contributed by atoms with E-state index in [1.165, 1.54) is 30.2 Å². The number of aliphatic carboxylic acids is 1. The first-order chi connectivity index (χ1) is 9.56. The second-order valence-electron chi connectivity index (χ2n) is 4.11. The molecular formula is C13H13FN2O3S. The minimum atomic E-state index is -1.02. The third kappa shape index (κ3) is 3.82. The topological polar surface area (TPSA) is 89.4 Å². The Bertz CT molecular complexity index is 586. The van der Waals surface area contributed by atoms with E-state index in [1.54, 1.807) is 12.1 Å². The first-order valence-corrected chi connectivity index (χ1v) is 6.98. The summed E-state index contributed by atoms with van der Waals surface area (Å²) in [4.78, 5) is 14.8. The molecule has 1 heterocycles. The second kappa shape index (κ2) is 6.53. The Morgan fingerprint density at radius 3 is 2.80 bits per heavy atom. The molecule has 20 heavy (non-hydrogen) atoms. The number of oxazole rings is 1. The Hall–Kier alpha value is -1.86. The summed E-state index contributed by atoms with van der Waals surface area (Å²) in [6.45, 7) is 0. The largest absolute Gasteiger partial charge is 0.480 e. The predicted molar refractivity (Wildman–Crippen MR) is 73.7 cm³/mol. The van der Waals surface area contributed by atoms with Gasteiger partial charge in [0.1, 0.15) is 18.1 Å². The van der Waals surface area contributed by atoms with Crippen LogP contribution >= 0.6 is 11.8 Å². The van der Waals surface area contributed by atoms with Crippen molar-refractivity contribution in [2.24, 2.45) is 5.73 Å². The van der Waals surface area contributed by atoms with Crippen molar-refractivity contribution in [3.8, 4) is 11.5 Å². The van der Waals surface area contributed by atoms with Gasteiger partial charge in [-0.3, -0.25) is 4.79 Å². The van der Waals surface area contributed by atoms with Crippen molar-refractivity contribution in [3.05, 3.63) is 42.0 Å². The van der Waals surface area contributed by atoms with Gasteiger partial charge in [-0.05, 0) is 24.3 Å². The lowest BCUT2D eigenvalue weighted by molar-refractivity contribution is -0.137. The fourth-order valence-electron chi connectivity index (χ4n) is 1.46. The van der Waals surface area contributed by atoms with E-state index in [0.29, 0.717) is 28.7 Å². The average molecular weight is 296 g/mol. The zero-order valence-electron chi connectivity index (χ0n) is 10.5. The molecule has 0 amide bonds. The van der Waals surface area contributed by atoms with E-state index in [2.05, 4.69) is 4.98 Å². The summed E-state index contributed by atoms with van der Waals surface area (Å²) in [6, 6.07) is 4.94. The van der Waals surface area contributed by atoms with Crippen molar-refractivity contribution in [3.63, 3.8) is 0 Å². The highest BCUT2D eigenvalue weighted by Crippen LogP contribution is 2.21. The number of carboxylic acid groups (broad SMARTS) is 1. The van der Waals surface area contributed by atoms with Crippen molar-refractivity contribution in [1.82, 2.24) is 4.98 Å². The van der Waals surface area contributed by atoms with Gasteiger partial charge in [-0.2, -0.15) is 11.8 Å². The molecule has 0 aliphatic carbocycles. The van der Waals surface area contributed by atoms with E-state index in [4.69, 9.17) is 15.3 Å². The Morgan fingerprint density at radius 2 is 2.15 bits per heavy atom. The van der Waals surface area contributed by atoms with E-state index in [0.717, 1.165) is 0 Å². The number of hydrogen-bond donors (Lipinski definition) is 2. The first kappa shape index (κ1) is 14.5. The summed E-state index contributed by atoms with van der Waals surface area (Å²) >= 11 is 1.37. The van der Waals surface area contributed by atoms with Gasteiger partial charge in [-0.1, -0.05) is 0 Å². The zero-order valence-corrected chi connectivity index (χ0v) is 11.3. The number of hydrogen-bond acceptors (Lipinski definition) is 5. The molecule has 0 fully saturated rings. The number of thioether (sulfide) groups is 1. The molecule has 7 heteroatoms. The minimum absolute atomic E-state index is 0.300. The van der Waals surface area contributed by atoms with E-state index >= 15 is 0 Å². The summed E-state index contributed by atoms with van der Waals surface area (Å²) in [7, 11) is 0. The molecule has 0 saturated carbocycles. The molecule has 0 aliphatic rings. The summed E-state index contributed by atoms with van der Waals surface area (Å²) in [5, 5.41) is 8.65. The maximum absolute atomic E-state index is 12.8. The van der Waals surface area contributed by atoms with Gasteiger partial charge in [-0.15, -0.1) is 0 Å².